The molecule has 0 aromatic carbocycles. The zero-order valence-corrected chi connectivity index (χ0v) is 12.4. The van der Waals surface area contributed by atoms with Gasteiger partial charge in [0.25, 0.3) is 0 Å². The van der Waals surface area contributed by atoms with E-state index in [1.54, 1.807) is 18.7 Å². The highest BCUT2D eigenvalue weighted by molar-refractivity contribution is 5.78. The van der Waals surface area contributed by atoms with Crippen LogP contribution in [0.4, 0.5) is 5.69 Å². The van der Waals surface area contributed by atoms with Crippen LogP contribution in [0, 0.1) is 5.92 Å². The van der Waals surface area contributed by atoms with Crippen molar-refractivity contribution in [3.8, 4) is 0 Å². The average molecular weight is 300 g/mol. The molecule has 1 amide bonds. The highest BCUT2D eigenvalue weighted by atomic mass is 16.1. The Kier molecular flexibility index (Phi) is 4.62. The van der Waals surface area contributed by atoms with Crippen LogP contribution in [0.5, 0.6) is 0 Å². The summed E-state index contributed by atoms with van der Waals surface area (Å²) in [6.45, 7) is 2.12. The van der Waals surface area contributed by atoms with Gasteiger partial charge in [0.15, 0.2) is 0 Å². The summed E-state index contributed by atoms with van der Waals surface area (Å²) >= 11 is 0. The second kappa shape index (κ2) is 7.02. The molecule has 2 aromatic rings. The number of fused-ring (bicyclic) bond motifs is 1. The summed E-state index contributed by atoms with van der Waals surface area (Å²) < 4.78 is 1.83. The van der Waals surface area contributed by atoms with Gasteiger partial charge in [0.05, 0.1) is 18.2 Å². The number of pyridine rings is 1. The van der Waals surface area contributed by atoms with Crippen LogP contribution in [0.25, 0.3) is 0 Å². The van der Waals surface area contributed by atoms with Crippen molar-refractivity contribution < 1.29 is 4.79 Å². The van der Waals surface area contributed by atoms with Crippen LogP contribution >= 0.6 is 0 Å². The first-order valence-electron chi connectivity index (χ1n) is 7.61. The van der Waals surface area contributed by atoms with Crippen LogP contribution in [0.2, 0.25) is 0 Å². The molecule has 3 heterocycles. The van der Waals surface area contributed by atoms with Gasteiger partial charge in [-0.2, -0.15) is 5.10 Å². The van der Waals surface area contributed by atoms with Crippen LogP contribution in [-0.4, -0.2) is 38.7 Å². The van der Waals surface area contributed by atoms with Gasteiger partial charge in [-0.25, -0.2) is 9.67 Å². The minimum atomic E-state index is 0.000447. The van der Waals surface area contributed by atoms with Gasteiger partial charge in [-0.15, -0.1) is 0 Å². The smallest absolute Gasteiger partial charge is 0.224 e. The lowest BCUT2D eigenvalue weighted by Gasteiger charge is -2.21. The first kappa shape index (κ1) is 14.5. The number of rotatable bonds is 6. The first-order valence-corrected chi connectivity index (χ1v) is 7.61. The second-order valence-corrected chi connectivity index (χ2v) is 5.41. The molecule has 7 nitrogen and oxygen atoms in total. The maximum atomic E-state index is 12.2. The minimum Gasteiger partial charge on any atom is -0.384 e. The lowest BCUT2D eigenvalue weighted by molar-refractivity contribution is -0.126. The van der Waals surface area contributed by atoms with E-state index < -0.39 is 0 Å². The molecule has 1 unspecified atom stereocenters. The summed E-state index contributed by atoms with van der Waals surface area (Å²) in [5.41, 5.74) is 1.000. The summed E-state index contributed by atoms with van der Waals surface area (Å²) in [6, 6.07) is 3.87. The Balaban J connectivity index is 1.35. The largest absolute Gasteiger partial charge is 0.384 e. The molecule has 2 N–H and O–H groups in total. The molecular weight excluding hydrogens is 280 g/mol. The van der Waals surface area contributed by atoms with E-state index in [2.05, 4.69) is 25.7 Å². The summed E-state index contributed by atoms with van der Waals surface area (Å²) in [7, 11) is 0. The highest BCUT2D eigenvalue weighted by Crippen LogP contribution is 2.17. The first-order chi connectivity index (χ1) is 10.8. The topological polar surface area (TPSA) is 84.7 Å². The van der Waals surface area contributed by atoms with Gasteiger partial charge in [0.1, 0.15) is 12.2 Å². The number of nitrogens with zero attached hydrogens (tertiary/aromatic N) is 4. The van der Waals surface area contributed by atoms with Crippen LogP contribution in [-0.2, 0) is 17.8 Å². The van der Waals surface area contributed by atoms with E-state index in [9.17, 15) is 4.79 Å². The third-order valence-corrected chi connectivity index (χ3v) is 3.82. The molecule has 0 bridgehead atoms. The van der Waals surface area contributed by atoms with Gasteiger partial charge in [0.2, 0.25) is 5.91 Å². The second-order valence-electron chi connectivity index (χ2n) is 5.41. The van der Waals surface area contributed by atoms with E-state index in [1.807, 2.05) is 16.8 Å². The van der Waals surface area contributed by atoms with E-state index in [-0.39, 0.29) is 11.8 Å². The molecule has 3 rings (SSSR count). The van der Waals surface area contributed by atoms with E-state index >= 15 is 0 Å². The van der Waals surface area contributed by atoms with Gasteiger partial charge in [-0.05, 0) is 25.0 Å². The number of carbonyl (C=O) groups is 1. The van der Waals surface area contributed by atoms with Crippen molar-refractivity contribution in [3.63, 3.8) is 0 Å². The lowest BCUT2D eigenvalue weighted by atomic mass is 9.99. The molecule has 2 aromatic heterocycles. The fourth-order valence-electron chi connectivity index (χ4n) is 2.60. The Morgan fingerprint density at radius 1 is 1.41 bits per heavy atom. The molecule has 0 spiro atoms. The Labute approximate surface area is 129 Å². The molecule has 116 valence electrons. The Hall–Kier alpha value is -2.44. The number of hydrogen-bond donors (Lipinski definition) is 2. The molecule has 0 fully saturated rings. The van der Waals surface area contributed by atoms with Gasteiger partial charge in [-0.1, -0.05) is 0 Å². The SMILES string of the molecule is O=C(NCCCNc1cccnc1)C1CCc2ncnn2C1. The average Bonchev–Trinajstić information content (AvgIpc) is 3.03. The van der Waals surface area contributed by atoms with Gasteiger partial charge >= 0.3 is 0 Å². The maximum Gasteiger partial charge on any atom is 0.224 e. The predicted molar refractivity (Wildman–Crippen MR) is 82.2 cm³/mol. The standard InChI is InChI=1S/C15H20N6O/c22-15(12-4-5-14-19-11-20-21(14)10-12)18-8-2-7-17-13-3-1-6-16-9-13/h1,3,6,9,11-12,17H,2,4-5,7-8,10H2,(H,18,22). The number of anilines is 1. The Morgan fingerprint density at radius 2 is 2.36 bits per heavy atom. The van der Waals surface area contributed by atoms with Crippen molar-refractivity contribution in [1.29, 1.82) is 0 Å². The third-order valence-electron chi connectivity index (χ3n) is 3.82. The zero-order valence-electron chi connectivity index (χ0n) is 12.4. The van der Waals surface area contributed by atoms with Crippen LogP contribution in [0.1, 0.15) is 18.7 Å². The van der Waals surface area contributed by atoms with E-state index in [0.29, 0.717) is 13.1 Å². The molecule has 1 aliphatic heterocycles. The molecule has 0 radical (unpaired) electrons. The minimum absolute atomic E-state index is 0.000447. The van der Waals surface area contributed by atoms with E-state index in [0.717, 1.165) is 37.3 Å². The Bertz CT molecular complexity index is 612. The normalized spacial score (nSPS) is 16.8. The molecule has 0 aliphatic carbocycles. The maximum absolute atomic E-state index is 12.2. The number of aromatic nitrogens is 4. The molecule has 7 heteroatoms. The number of carbonyl (C=O) groups excluding carboxylic acids is 1. The fraction of sp³-hybridized carbons (Fsp3) is 0.467. The summed E-state index contributed by atoms with van der Waals surface area (Å²) in [5, 5.41) is 10.4. The van der Waals surface area contributed by atoms with E-state index in [4.69, 9.17) is 0 Å². The van der Waals surface area contributed by atoms with E-state index in [1.165, 1.54) is 0 Å². The highest BCUT2D eigenvalue weighted by Gasteiger charge is 2.25. The van der Waals surface area contributed by atoms with Crippen LogP contribution in [0.3, 0.4) is 0 Å². The molecular formula is C15H20N6O. The monoisotopic (exact) mass is 300 g/mol. The molecule has 0 saturated carbocycles. The van der Waals surface area contributed by atoms with Gasteiger partial charge in [0, 0.05) is 31.9 Å². The molecule has 1 aliphatic rings. The molecule has 22 heavy (non-hydrogen) atoms. The quantitative estimate of drug-likeness (QED) is 0.773. The summed E-state index contributed by atoms with van der Waals surface area (Å²) in [5.74, 6) is 1.09. The van der Waals surface area contributed by atoms with Gasteiger partial charge < -0.3 is 10.6 Å². The molecule has 1 atom stereocenters. The zero-order chi connectivity index (χ0) is 15.2. The van der Waals surface area contributed by atoms with Crippen molar-refractivity contribution in [2.24, 2.45) is 5.92 Å². The number of hydrogen-bond acceptors (Lipinski definition) is 5. The van der Waals surface area contributed by atoms with Crippen molar-refractivity contribution in [1.82, 2.24) is 25.1 Å². The van der Waals surface area contributed by atoms with Crippen molar-refractivity contribution in [3.05, 3.63) is 36.7 Å². The van der Waals surface area contributed by atoms with Crippen LogP contribution in [0.15, 0.2) is 30.9 Å². The summed E-state index contributed by atoms with van der Waals surface area (Å²) in [4.78, 5) is 20.4. The number of amides is 1. The Morgan fingerprint density at radius 3 is 3.23 bits per heavy atom. The third kappa shape index (κ3) is 3.60. The predicted octanol–water partition coefficient (Wildman–Crippen LogP) is 0.854. The fourth-order valence-corrected chi connectivity index (χ4v) is 2.60. The van der Waals surface area contributed by atoms with Gasteiger partial charge in [-0.3, -0.25) is 9.78 Å². The van der Waals surface area contributed by atoms with Crippen LogP contribution < -0.4 is 10.6 Å². The van der Waals surface area contributed by atoms with Crippen molar-refractivity contribution in [2.75, 3.05) is 18.4 Å². The van der Waals surface area contributed by atoms with Crippen molar-refractivity contribution >= 4 is 11.6 Å². The number of nitrogens with one attached hydrogen (secondary N) is 2. The summed E-state index contributed by atoms with van der Waals surface area (Å²) in [6.07, 6.45) is 7.63. The van der Waals surface area contributed by atoms with Crippen molar-refractivity contribution in [2.45, 2.75) is 25.8 Å². The molecule has 0 saturated heterocycles. The number of aryl methyl sites for hydroxylation is 1. The lowest BCUT2D eigenvalue weighted by Crippen LogP contribution is -2.37.